The van der Waals surface area contributed by atoms with Crippen molar-refractivity contribution in [3.8, 4) is 5.75 Å². The fourth-order valence-corrected chi connectivity index (χ4v) is 3.70. The van der Waals surface area contributed by atoms with Crippen molar-refractivity contribution >= 4 is 11.8 Å². The van der Waals surface area contributed by atoms with E-state index in [1.165, 1.54) is 12.7 Å². The average molecular weight is 411 g/mol. The summed E-state index contributed by atoms with van der Waals surface area (Å²) in [6.45, 7) is 0.565. The lowest BCUT2D eigenvalue weighted by Gasteiger charge is -2.24. The van der Waals surface area contributed by atoms with E-state index in [9.17, 15) is 9.59 Å². The molecule has 1 aliphatic heterocycles. The SMILES string of the molecule is CON(C)C(=O)C1Cc2ccccc2CCCCCCOc2ccccc2C(=O)N1. The second-order valence-corrected chi connectivity index (χ2v) is 7.53. The minimum absolute atomic E-state index is 0.302. The van der Waals surface area contributed by atoms with E-state index in [1.807, 2.05) is 24.3 Å². The van der Waals surface area contributed by atoms with E-state index in [-0.39, 0.29) is 11.8 Å². The van der Waals surface area contributed by atoms with Crippen LogP contribution in [0.2, 0.25) is 0 Å². The number of hydrogen-bond donors (Lipinski definition) is 1. The second-order valence-electron chi connectivity index (χ2n) is 7.53. The molecule has 0 fully saturated rings. The number of para-hydroxylation sites is 1. The number of benzene rings is 2. The number of nitrogens with zero attached hydrogens (tertiary/aromatic N) is 1. The third kappa shape index (κ3) is 5.60. The van der Waals surface area contributed by atoms with Crippen molar-refractivity contribution in [2.75, 3.05) is 20.8 Å². The summed E-state index contributed by atoms with van der Waals surface area (Å²) in [7, 11) is 2.98. The summed E-state index contributed by atoms with van der Waals surface area (Å²) in [5.41, 5.74) is 2.72. The molecule has 6 nitrogen and oxygen atoms in total. The van der Waals surface area contributed by atoms with Gasteiger partial charge in [-0.25, -0.2) is 5.06 Å². The summed E-state index contributed by atoms with van der Waals surface area (Å²) >= 11 is 0. The van der Waals surface area contributed by atoms with Gasteiger partial charge in [0.05, 0.1) is 19.3 Å². The summed E-state index contributed by atoms with van der Waals surface area (Å²) in [6.07, 6.45) is 5.57. The topological polar surface area (TPSA) is 67.9 Å². The Hall–Kier alpha value is -2.86. The smallest absolute Gasteiger partial charge is 0.268 e. The molecule has 1 heterocycles. The number of carbonyl (C=O) groups excluding carboxylic acids is 2. The lowest BCUT2D eigenvalue weighted by Crippen LogP contribution is -2.48. The van der Waals surface area contributed by atoms with Crippen molar-refractivity contribution in [3.63, 3.8) is 0 Å². The van der Waals surface area contributed by atoms with E-state index < -0.39 is 6.04 Å². The second kappa shape index (κ2) is 10.8. The molecular formula is C24H30N2O4. The van der Waals surface area contributed by atoms with Gasteiger partial charge in [0.25, 0.3) is 11.8 Å². The van der Waals surface area contributed by atoms with Gasteiger partial charge in [0.15, 0.2) is 0 Å². The van der Waals surface area contributed by atoms with E-state index in [0.717, 1.165) is 42.7 Å². The third-order valence-electron chi connectivity index (χ3n) is 5.46. The van der Waals surface area contributed by atoms with Crippen LogP contribution in [0.1, 0.15) is 47.2 Å². The van der Waals surface area contributed by atoms with Crippen molar-refractivity contribution < 1.29 is 19.2 Å². The molecule has 0 spiro atoms. The Morgan fingerprint density at radius 3 is 2.53 bits per heavy atom. The van der Waals surface area contributed by atoms with Gasteiger partial charge in [-0.1, -0.05) is 49.2 Å². The van der Waals surface area contributed by atoms with Crippen molar-refractivity contribution in [2.45, 2.75) is 44.6 Å². The maximum Gasteiger partial charge on any atom is 0.268 e. The number of fused-ring (bicyclic) bond motifs is 2. The molecular weight excluding hydrogens is 380 g/mol. The van der Waals surface area contributed by atoms with Crippen LogP contribution in [0.4, 0.5) is 0 Å². The average Bonchev–Trinajstić information content (AvgIpc) is 2.78. The first kappa shape index (κ1) is 21.8. The Morgan fingerprint density at radius 2 is 1.73 bits per heavy atom. The quantitative estimate of drug-likeness (QED) is 0.769. The maximum atomic E-state index is 13.1. The van der Waals surface area contributed by atoms with Crippen LogP contribution in [0, 0.1) is 0 Å². The third-order valence-corrected chi connectivity index (χ3v) is 5.46. The number of ether oxygens (including phenoxy) is 1. The fraction of sp³-hybridized carbons (Fsp3) is 0.417. The monoisotopic (exact) mass is 410 g/mol. The molecule has 1 N–H and O–H groups in total. The maximum absolute atomic E-state index is 13.1. The molecule has 0 saturated heterocycles. The lowest BCUT2D eigenvalue weighted by atomic mass is 9.95. The van der Waals surface area contributed by atoms with Gasteiger partial charge in [0.2, 0.25) is 0 Å². The Kier molecular flexibility index (Phi) is 7.85. The van der Waals surface area contributed by atoms with E-state index in [4.69, 9.17) is 9.57 Å². The van der Waals surface area contributed by atoms with Gasteiger partial charge in [-0.2, -0.15) is 0 Å². The number of carbonyl (C=O) groups is 2. The Labute approximate surface area is 178 Å². The molecule has 0 aromatic heterocycles. The van der Waals surface area contributed by atoms with Crippen molar-refractivity contribution in [3.05, 3.63) is 65.2 Å². The van der Waals surface area contributed by atoms with E-state index in [0.29, 0.717) is 24.3 Å². The zero-order valence-electron chi connectivity index (χ0n) is 17.7. The van der Waals surface area contributed by atoms with E-state index in [2.05, 4.69) is 11.4 Å². The van der Waals surface area contributed by atoms with Crippen LogP contribution in [0.3, 0.4) is 0 Å². The predicted octanol–water partition coefficient (Wildman–Crippen LogP) is 3.54. The number of rotatable bonds is 2. The zero-order chi connectivity index (χ0) is 21.3. The summed E-state index contributed by atoms with van der Waals surface area (Å²) in [6, 6.07) is 14.5. The Balaban J connectivity index is 1.94. The molecule has 1 aliphatic rings. The van der Waals surface area contributed by atoms with Crippen LogP contribution in [0.25, 0.3) is 0 Å². The summed E-state index contributed by atoms with van der Waals surface area (Å²) in [5.74, 6) is -0.0965. The number of aryl methyl sites for hydroxylation is 1. The standard InChI is InChI=1S/C24H30N2O4/c1-26(29-2)24(28)21-17-19-13-7-6-12-18(19)11-5-3-4-10-16-30-22-15-9-8-14-20(22)23(27)25-21/h6-9,12-15,21H,3-5,10-11,16-17H2,1-2H3,(H,25,27). The Morgan fingerprint density at radius 1 is 1.03 bits per heavy atom. The normalized spacial score (nSPS) is 17.9. The highest BCUT2D eigenvalue weighted by Crippen LogP contribution is 2.21. The van der Waals surface area contributed by atoms with Crippen LogP contribution < -0.4 is 10.1 Å². The number of nitrogens with one attached hydrogen (secondary N) is 1. The van der Waals surface area contributed by atoms with Crippen LogP contribution in [-0.2, 0) is 22.5 Å². The molecule has 2 amide bonds. The van der Waals surface area contributed by atoms with Gasteiger partial charge in [-0.3, -0.25) is 14.4 Å². The first-order valence-corrected chi connectivity index (χ1v) is 10.5. The highest BCUT2D eigenvalue weighted by atomic mass is 16.7. The molecule has 2 aromatic rings. The molecule has 1 unspecified atom stereocenters. The molecule has 1 atom stereocenters. The highest BCUT2D eigenvalue weighted by Gasteiger charge is 2.27. The van der Waals surface area contributed by atoms with Gasteiger partial charge in [-0.15, -0.1) is 0 Å². The molecule has 0 aliphatic carbocycles. The van der Waals surface area contributed by atoms with Crippen molar-refractivity contribution in [1.82, 2.24) is 10.4 Å². The molecule has 2 aromatic carbocycles. The molecule has 0 saturated carbocycles. The van der Waals surface area contributed by atoms with Gasteiger partial charge < -0.3 is 10.1 Å². The number of hydrogen-bond acceptors (Lipinski definition) is 4. The van der Waals surface area contributed by atoms with E-state index >= 15 is 0 Å². The molecule has 6 heteroatoms. The molecule has 0 bridgehead atoms. The predicted molar refractivity (Wildman–Crippen MR) is 115 cm³/mol. The number of likely N-dealkylation sites (N-methyl/N-ethyl adjacent to an activating group) is 1. The van der Waals surface area contributed by atoms with Crippen LogP contribution in [-0.4, -0.2) is 43.7 Å². The zero-order valence-corrected chi connectivity index (χ0v) is 17.7. The summed E-state index contributed by atoms with van der Waals surface area (Å²) in [5, 5.41) is 4.07. The fourth-order valence-electron chi connectivity index (χ4n) is 3.70. The van der Waals surface area contributed by atoms with Gasteiger partial charge >= 0.3 is 0 Å². The minimum Gasteiger partial charge on any atom is -0.493 e. The van der Waals surface area contributed by atoms with Crippen LogP contribution >= 0.6 is 0 Å². The molecule has 160 valence electrons. The van der Waals surface area contributed by atoms with Crippen molar-refractivity contribution in [1.29, 1.82) is 0 Å². The van der Waals surface area contributed by atoms with Crippen LogP contribution in [0.5, 0.6) is 5.75 Å². The van der Waals surface area contributed by atoms with Gasteiger partial charge in [0.1, 0.15) is 11.8 Å². The highest BCUT2D eigenvalue weighted by molar-refractivity contribution is 5.99. The molecule has 30 heavy (non-hydrogen) atoms. The first-order chi connectivity index (χ1) is 14.6. The first-order valence-electron chi connectivity index (χ1n) is 10.5. The van der Waals surface area contributed by atoms with Crippen LogP contribution in [0.15, 0.2) is 48.5 Å². The Bertz CT molecular complexity index is 868. The largest absolute Gasteiger partial charge is 0.493 e. The van der Waals surface area contributed by atoms with Gasteiger partial charge in [0, 0.05) is 13.5 Å². The molecule has 3 rings (SSSR count). The summed E-state index contributed by atoms with van der Waals surface area (Å²) < 4.78 is 5.88. The number of hydroxylamine groups is 2. The minimum atomic E-state index is -0.748. The lowest BCUT2D eigenvalue weighted by molar-refractivity contribution is -0.170. The van der Waals surface area contributed by atoms with Crippen molar-refractivity contribution in [2.24, 2.45) is 0 Å². The van der Waals surface area contributed by atoms with E-state index in [1.54, 1.807) is 25.2 Å². The summed E-state index contributed by atoms with van der Waals surface area (Å²) in [4.78, 5) is 31.1. The molecule has 0 radical (unpaired) electrons. The van der Waals surface area contributed by atoms with Gasteiger partial charge in [-0.05, 0) is 42.5 Å². The number of amides is 2.